The minimum atomic E-state index is -0.935. The molecule has 0 spiro atoms. The molecule has 0 bridgehead atoms. The number of nitrogens with two attached hydrogens (primary N) is 1. The summed E-state index contributed by atoms with van der Waals surface area (Å²) in [5, 5.41) is 27.9. The zero-order valence-electron chi connectivity index (χ0n) is 17.0. The molecular weight excluding hydrogens is 406 g/mol. The second-order valence-electron chi connectivity index (χ2n) is 6.74. The van der Waals surface area contributed by atoms with E-state index in [1.807, 2.05) is 0 Å². The van der Waals surface area contributed by atoms with Gasteiger partial charge in [0.1, 0.15) is 0 Å². The number of ketones is 2. The summed E-state index contributed by atoms with van der Waals surface area (Å²) in [7, 11) is 0. The molecule has 31 heavy (non-hydrogen) atoms. The molecular formula is C22H25NO8. The molecule has 0 aliphatic heterocycles. The van der Waals surface area contributed by atoms with E-state index in [0.717, 1.165) is 19.0 Å². The summed E-state index contributed by atoms with van der Waals surface area (Å²) in [6.07, 6.45) is 1.82. The Kier molecular flexibility index (Phi) is 8.68. The molecule has 0 saturated heterocycles. The van der Waals surface area contributed by atoms with Gasteiger partial charge in [0.15, 0.2) is 23.1 Å². The fraction of sp³-hybridized carbons (Fsp3) is 0.318. The normalized spacial score (nSPS) is 12.7. The van der Waals surface area contributed by atoms with Gasteiger partial charge >= 0.3 is 5.97 Å². The molecule has 0 unspecified atom stereocenters. The van der Waals surface area contributed by atoms with Gasteiger partial charge in [-0.05, 0) is 19.0 Å². The van der Waals surface area contributed by atoms with E-state index in [1.54, 1.807) is 12.1 Å². The maximum atomic E-state index is 12.5. The number of aliphatic hydroxyl groups excluding tert-OH is 3. The Morgan fingerprint density at radius 1 is 1.13 bits per heavy atom. The van der Waals surface area contributed by atoms with E-state index in [-0.39, 0.29) is 48.0 Å². The van der Waals surface area contributed by atoms with Crippen molar-refractivity contribution in [3.63, 3.8) is 0 Å². The van der Waals surface area contributed by atoms with Crippen LogP contribution in [0, 0.1) is 5.92 Å². The Labute approximate surface area is 178 Å². The minimum absolute atomic E-state index is 0.00245. The van der Waals surface area contributed by atoms with Crippen molar-refractivity contribution in [2.45, 2.75) is 13.3 Å². The van der Waals surface area contributed by atoms with Gasteiger partial charge in [0.2, 0.25) is 5.78 Å². The molecule has 9 heteroatoms. The largest absolute Gasteiger partial charge is 0.504 e. The average molecular weight is 431 g/mol. The molecule has 5 N–H and O–H groups in total. The lowest BCUT2D eigenvalue weighted by Gasteiger charge is -2.11. The van der Waals surface area contributed by atoms with Gasteiger partial charge in [-0.1, -0.05) is 31.2 Å². The van der Waals surface area contributed by atoms with Crippen molar-refractivity contribution < 1.29 is 38.9 Å². The van der Waals surface area contributed by atoms with E-state index in [0.29, 0.717) is 0 Å². The van der Waals surface area contributed by atoms with E-state index in [1.165, 1.54) is 18.2 Å². The predicted octanol–water partition coefficient (Wildman–Crippen LogP) is 1.45. The Balaban J connectivity index is 0.000000785. The SMILES string of the molecule is CCCN.O=C(/C=C(\O)c1cc2c(o1)C(=O)c1ccccc1C2=O)OCC(CO)CO. The lowest BCUT2D eigenvalue weighted by molar-refractivity contribution is -0.139. The number of benzene rings is 1. The van der Waals surface area contributed by atoms with Crippen LogP contribution >= 0.6 is 0 Å². The van der Waals surface area contributed by atoms with Gasteiger partial charge in [-0.15, -0.1) is 0 Å². The highest BCUT2D eigenvalue weighted by Crippen LogP contribution is 2.31. The maximum Gasteiger partial charge on any atom is 0.334 e. The third-order valence-corrected chi connectivity index (χ3v) is 4.37. The average Bonchev–Trinajstić information content (AvgIpc) is 3.24. The molecule has 3 rings (SSSR count). The number of carbonyl (C=O) groups is 3. The predicted molar refractivity (Wildman–Crippen MR) is 111 cm³/mol. The van der Waals surface area contributed by atoms with Crippen LogP contribution in [0.25, 0.3) is 5.76 Å². The van der Waals surface area contributed by atoms with Crippen molar-refractivity contribution >= 4 is 23.3 Å². The first kappa shape index (κ1) is 24.0. The lowest BCUT2D eigenvalue weighted by Crippen LogP contribution is -2.19. The summed E-state index contributed by atoms with van der Waals surface area (Å²) < 4.78 is 10.1. The van der Waals surface area contributed by atoms with E-state index in [2.05, 4.69) is 6.92 Å². The molecule has 1 aliphatic rings. The standard InChI is InChI=1S/C19H16O8.C3H9N/c20-7-10(8-21)9-26-16(23)6-14(22)15-5-13-17(24)11-3-1-2-4-12(11)18(25)19(13)27-15;1-2-3-4/h1-6,10,20-22H,7-9H2;2-4H2,1H3/b14-6-;. The van der Waals surface area contributed by atoms with Crippen molar-refractivity contribution in [1.29, 1.82) is 0 Å². The molecule has 166 valence electrons. The number of carbonyl (C=O) groups excluding carboxylic acids is 3. The molecule has 0 atom stereocenters. The third kappa shape index (κ3) is 5.66. The number of furan rings is 1. The molecule has 0 amide bonds. The van der Waals surface area contributed by atoms with Gasteiger partial charge in [-0.25, -0.2) is 4.79 Å². The molecule has 1 heterocycles. The van der Waals surface area contributed by atoms with Crippen LogP contribution in [-0.2, 0) is 9.53 Å². The molecule has 2 aromatic rings. The second kappa shape index (κ2) is 11.2. The van der Waals surface area contributed by atoms with Gasteiger partial charge in [0.05, 0.1) is 31.5 Å². The highest BCUT2D eigenvalue weighted by atomic mass is 16.5. The number of aliphatic hydroxyl groups is 3. The fourth-order valence-corrected chi connectivity index (χ4v) is 2.59. The van der Waals surface area contributed by atoms with Crippen LogP contribution in [-0.4, -0.2) is 59.2 Å². The van der Waals surface area contributed by atoms with Crippen LogP contribution in [0.2, 0.25) is 0 Å². The van der Waals surface area contributed by atoms with Gasteiger partial charge in [0.25, 0.3) is 0 Å². The van der Waals surface area contributed by atoms with Crippen LogP contribution in [0.5, 0.6) is 0 Å². The lowest BCUT2D eigenvalue weighted by atomic mass is 9.88. The van der Waals surface area contributed by atoms with Gasteiger partial charge < -0.3 is 30.2 Å². The molecule has 1 aliphatic carbocycles. The number of fused-ring (bicyclic) bond motifs is 2. The number of ether oxygens (including phenoxy) is 1. The van der Waals surface area contributed by atoms with Crippen LogP contribution in [0.1, 0.15) is 51.1 Å². The Bertz CT molecular complexity index is 917. The van der Waals surface area contributed by atoms with Crippen molar-refractivity contribution in [3.8, 4) is 0 Å². The van der Waals surface area contributed by atoms with Crippen LogP contribution in [0.3, 0.4) is 0 Å². The number of esters is 1. The topological polar surface area (TPSA) is 160 Å². The van der Waals surface area contributed by atoms with E-state index < -0.39 is 29.2 Å². The summed E-state index contributed by atoms with van der Waals surface area (Å²) in [6.45, 7) is 1.90. The number of hydrogen-bond acceptors (Lipinski definition) is 9. The first-order chi connectivity index (χ1) is 14.9. The van der Waals surface area contributed by atoms with Crippen molar-refractivity contribution in [2.24, 2.45) is 11.7 Å². The quantitative estimate of drug-likeness (QED) is 0.246. The van der Waals surface area contributed by atoms with Crippen molar-refractivity contribution in [3.05, 3.63) is 64.6 Å². The van der Waals surface area contributed by atoms with E-state index in [4.69, 9.17) is 25.1 Å². The third-order valence-electron chi connectivity index (χ3n) is 4.37. The highest BCUT2D eigenvalue weighted by Gasteiger charge is 2.34. The zero-order valence-corrected chi connectivity index (χ0v) is 17.0. The number of hydrogen-bond donors (Lipinski definition) is 4. The molecule has 1 aromatic carbocycles. The molecule has 0 saturated carbocycles. The van der Waals surface area contributed by atoms with Gasteiger partial charge in [-0.3, -0.25) is 9.59 Å². The smallest absolute Gasteiger partial charge is 0.334 e. The molecule has 0 radical (unpaired) electrons. The van der Waals surface area contributed by atoms with Crippen molar-refractivity contribution in [2.75, 3.05) is 26.4 Å². The molecule has 0 fully saturated rings. The Morgan fingerprint density at radius 2 is 1.71 bits per heavy atom. The Hall–Kier alpha value is -3.27. The summed E-state index contributed by atoms with van der Waals surface area (Å²) in [6, 6.07) is 7.48. The van der Waals surface area contributed by atoms with Crippen LogP contribution in [0.4, 0.5) is 0 Å². The first-order valence-corrected chi connectivity index (χ1v) is 9.69. The molecule has 1 aromatic heterocycles. The van der Waals surface area contributed by atoms with E-state index in [9.17, 15) is 19.5 Å². The van der Waals surface area contributed by atoms with Crippen LogP contribution < -0.4 is 5.73 Å². The van der Waals surface area contributed by atoms with Crippen molar-refractivity contribution in [1.82, 2.24) is 0 Å². The Morgan fingerprint density at radius 3 is 2.26 bits per heavy atom. The summed E-state index contributed by atoms with van der Waals surface area (Å²) >= 11 is 0. The maximum absolute atomic E-state index is 12.5. The number of rotatable bonds is 7. The van der Waals surface area contributed by atoms with Crippen LogP contribution in [0.15, 0.2) is 40.8 Å². The monoisotopic (exact) mass is 431 g/mol. The fourth-order valence-electron chi connectivity index (χ4n) is 2.59. The first-order valence-electron chi connectivity index (χ1n) is 9.69. The summed E-state index contributed by atoms with van der Waals surface area (Å²) in [4.78, 5) is 36.7. The second-order valence-corrected chi connectivity index (χ2v) is 6.74. The zero-order chi connectivity index (χ0) is 23.0. The summed E-state index contributed by atoms with van der Waals surface area (Å²) in [5.41, 5.74) is 5.48. The minimum Gasteiger partial charge on any atom is -0.504 e. The van der Waals surface area contributed by atoms with Gasteiger partial charge in [0, 0.05) is 17.0 Å². The van der Waals surface area contributed by atoms with Gasteiger partial charge in [-0.2, -0.15) is 0 Å². The summed E-state index contributed by atoms with van der Waals surface area (Å²) in [5.74, 6) is -3.53. The van der Waals surface area contributed by atoms with E-state index >= 15 is 0 Å². The highest BCUT2D eigenvalue weighted by molar-refractivity contribution is 6.27. The molecule has 9 nitrogen and oxygen atoms in total.